The summed E-state index contributed by atoms with van der Waals surface area (Å²) in [6, 6.07) is 3.78. The number of benzene rings is 1. The average Bonchev–Trinajstić information content (AvgIpc) is 2.80. The zero-order valence-corrected chi connectivity index (χ0v) is 10.4. The maximum absolute atomic E-state index is 11.1. The lowest BCUT2D eigenvalue weighted by molar-refractivity contribution is 0.0698. The van der Waals surface area contributed by atoms with Gasteiger partial charge in [-0.15, -0.1) is 0 Å². The fourth-order valence-corrected chi connectivity index (χ4v) is 1.93. The van der Waals surface area contributed by atoms with Crippen LogP contribution in [-0.4, -0.2) is 28.4 Å². The number of carboxylic acid groups (broad SMARTS) is 1. The van der Waals surface area contributed by atoms with Crippen LogP contribution >= 0.6 is 0 Å². The first kappa shape index (κ1) is 12.2. The number of nitrogens with zero attached hydrogens (tertiary/aromatic N) is 1. The second kappa shape index (κ2) is 4.52. The first-order valence-electron chi connectivity index (χ1n) is 5.47. The Morgan fingerprint density at radius 3 is 2.67 bits per heavy atom. The summed E-state index contributed by atoms with van der Waals surface area (Å²) in [5.41, 5.74) is 3.39. The van der Waals surface area contributed by atoms with Crippen molar-refractivity contribution in [3.63, 3.8) is 0 Å². The number of aromatic carboxylic acids is 1. The number of carbonyl (C=O) groups is 1. The highest BCUT2D eigenvalue weighted by Gasteiger charge is 2.16. The highest BCUT2D eigenvalue weighted by molar-refractivity contribution is 5.95. The number of hydrogen-bond donors (Lipinski definition) is 2. The molecule has 0 saturated carbocycles. The molecule has 1 aromatic heterocycles. The zero-order valence-electron chi connectivity index (χ0n) is 10.4. The van der Waals surface area contributed by atoms with Crippen LogP contribution in [-0.2, 0) is 0 Å². The molecule has 5 heteroatoms. The minimum Gasteiger partial charge on any atom is -0.496 e. The van der Waals surface area contributed by atoms with Crippen molar-refractivity contribution in [2.24, 2.45) is 0 Å². The van der Waals surface area contributed by atoms with Crippen molar-refractivity contribution < 1.29 is 14.6 Å². The van der Waals surface area contributed by atoms with Crippen LogP contribution < -0.4 is 4.74 Å². The summed E-state index contributed by atoms with van der Waals surface area (Å²) in [5, 5.41) is 15.6. The lowest BCUT2D eigenvalue weighted by atomic mass is 9.99. The molecular formula is C13H14N2O3. The van der Waals surface area contributed by atoms with Gasteiger partial charge in [-0.2, -0.15) is 5.10 Å². The molecule has 0 fully saturated rings. The molecular weight excluding hydrogens is 232 g/mol. The monoisotopic (exact) mass is 246 g/mol. The molecule has 2 aromatic rings. The maximum Gasteiger partial charge on any atom is 0.339 e. The molecule has 0 aliphatic carbocycles. The topological polar surface area (TPSA) is 75.2 Å². The van der Waals surface area contributed by atoms with Gasteiger partial charge in [0.1, 0.15) is 11.3 Å². The SMILES string of the molecule is COc1cc(C)c(-c2[nH]ncc2C(=O)O)cc1C. The van der Waals surface area contributed by atoms with E-state index in [-0.39, 0.29) is 5.56 Å². The molecule has 94 valence electrons. The fourth-order valence-electron chi connectivity index (χ4n) is 1.93. The summed E-state index contributed by atoms with van der Waals surface area (Å²) in [5.74, 6) is -0.209. The first-order valence-corrected chi connectivity index (χ1v) is 5.47. The second-order valence-electron chi connectivity index (χ2n) is 4.10. The summed E-state index contributed by atoms with van der Waals surface area (Å²) in [7, 11) is 1.61. The van der Waals surface area contributed by atoms with Gasteiger partial charge in [-0.1, -0.05) is 0 Å². The van der Waals surface area contributed by atoms with Crippen molar-refractivity contribution in [2.45, 2.75) is 13.8 Å². The summed E-state index contributed by atoms with van der Waals surface area (Å²) >= 11 is 0. The molecule has 1 aromatic carbocycles. The van der Waals surface area contributed by atoms with Gasteiger partial charge in [0.15, 0.2) is 0 Å². The van der Waals surface area contributed by atoms with Crippen LogP contribution in [0.15, 0.2) is 18.3 Å². The van der Waals surface area contributed by atoms with Gasteiger partial charge >= 0.3 is 5.97 Å². The van der Waals surface area contributed by atoms with E-state index in [1.807, 2.05) is 26.0 Å². The molecule has 2 rings (SSSR count). The number of H-pyrrole nitrogens is 1. The molecule has 0 amide bonds. The summed E-state index contributed by atoms with van der Waals surface area (Å²) in [6.07, 6.45) is 1.32. The van der Waals surface area contributed by atoms with E-state index in [1.54, 1.807) is 7.11 Å². The summed E-state index contributed by atoms with van der Waals surface area (Å²) < 4.78 is 5.23. The predicted octanol–water partition coefficient (Wildman–Crippen LogP) is 2.40. The van der Waals surface area contributed by atoms with E-state index < -0.39 is 5.97 Å². The van der Waals surface area contributed by atoms with E-state index in [0.717, 1.165) is 22.4 Å². The lowest BCUT2D eigenvalue weighted by Gasteiger charge is -2.10. The standard InChI is InChI=1S/C13H14N2O3/c1-7-5-11(18-3)8(2)4-9(7)12-10(13(16)17)6-14-15-12/h4-6H,1-3H3,(H,14,15)(H,16,17). The van der Waals surface area contributed by atoms with Crippen molar-refractivity contribution in [1.82, 2.24) is 10.2 Å². The second-order valence-corrected chi connectivity index (χ2v) is 4.10. The van der Waals surface area contributed by atoms with E-state index in [1.165, 1.54) is 6.20 Å². The van der Waals surface area contributed by atoms with Crippen molar-refractivity contribution in [3.8, 4) is 17.0 Å². The number of aromatic amines is 1. The molecule has 5 nitrogen and oxygen atoms in total. The van der Waals surface area contributed by atoms with Crippen LogP contribution in [0, 0.1) is 13.8 Å². The number of aromatic nitrogens is 2. The molecule has 0 spiro atoms. The smallest absolute Gasteiger partial charge is 0.339 e. The number of nitrogens with one attached hydrogen (secondary N) is 1. The van der Waals surface area contributed by atoms with E-state index >= 15 is 0 Å². The van der Waals surface area contributed by atoms with Crippen molar-refractivity contribution in [2.75, 3.05) is 7.11 Å². The number of rotatable bonds is 3. The van der Waals surface area contributed by atoms with Crippen LogP contribution in [0.5, 0.6) is 5.75 Å². The molecule has 2 N–H and O–H groups in total. The molecule has 18 heavy (non-hydrogen) atoms. The van der Waals surface area contributed by atoms with Gasteiger partial charge in [-0.3, -0.25) is 5.10 Å². The van der Waals surface area contributed by atoms with Crippen LogP contribution in [0.4, 0.5) is 0 Å². The predicted molar refractivity (Wildman–Crippen MR) is 67.0 cm³/mol. The maximum atomic E-state index is 11.1. The lowest BCUT2D eigenvalue weighted by Crippen LogP contribution is -1.99. The van der Waals surface area contributed by atoms with Crippen molar-refractivity contribution >= 4 is 5.97 Å². The number of ether oxygens (including phenoxy) is 1. The minimum atomic E-state index is -0.994. The van der Waals surface area contributed by atoms with Gasteiger partial charge in [0, 0.05) is 5.56 Å². The molecule has 1 heterocycles. The molecule has 0 aliphatic rings. The highest BCUT2D eigenvalue weighted by atomic mass is 16.5. The molecule has 0 saturated heterocycles. The Bertz CT molecular complexity index is 602. The van der Waals surface area contributed by atoms with Crippen LogP contribution in [0.25, 0.3) is 11.3 Å². The summed E-state index contributed by atoms with van der Waals surface area (Å²) in [6.45, 7) is 3.82. The normalized spacial score (nSPS) is 10.4. The summed E-state index contributed by atoms with van der Waals surface area (Å²) in [4.78, 5) is 11.1. The first-order chi connectivity index (χ1) is 8.54. The number of methoxy groups -OCH3 is 1. The largest absolute Gasteiger partial charge is 0.496 e. The third-order valence-corrected chi connectivity index (χ3v) is 2.88. The zero-order chi connectivity index (χ0) is 13.3. The van der Waals surface area contributed by atoms with E-state index in [9.17, 15) is 4.79 Å². The molecule has 0 aliphatic heterocycles. The Morgan fingerprint density at radius 1 is 1.33 bits per heavy atom. The number of aryl methyl sites for hydroxylation is 2. The highest BCUT2D eigenvalue weighted by Crippen LogP contribution is 2.30. The van der Waals surface area contributed by atoms with E-state index in [0.29, 0.717) is 5.69 Å². The third-order valence-electron chi connectivity index (χ3n) is 2.88. The van der Waals surface area contributed by atoms with Crippen LogP contribution in [0.3, 0.4) is 0 Å². The van der Waals surface area contributed by atoms with Gasteiger partial charge in [0.2, 0.25) is 0 Å². The van der Waals surface area contributed by atoms with Crippen LogP contribution in [0.1, 0.15) is 21.5 Å². The van der Waals surface area contributed by atoms with Gasteiger partial charge < -0.3 is 9.84 Å². The van der Waals surface area contributed by atoms with Gasteiger partial charge in [0.25, 0.3) is 0 Å². The Labute approximate surface area is 104 Å². The van der Waals surface area contributed by atoms with E-state index in [2.05, 4.69) is 10.2 Å². The third kappa shape index (κ3) is 1.95. The Balaban J connectivity index is 2.61. The number of carboxylic acids is 1. The average molecular weight is 246 g/mol. The minimum absolute atomic E-state index is 0.169. The Morgan fingerprint density at radius 2 is 2.06 bits per heavy atom. The van der Waals surface area contributed by atoms with Gasteiger partial charge in [0.05, 0.1) is 19.0 Å². The van der Waals surface area contributed by atoms with Gasteiger partial charge in [-0.25, -0.2) is 4.79 Å². The quantitative estimate of drug-likeness (QED) is 0.872. The molecule has 0 atom stereocenters. The van der Waals surface area contributed by atoms with Crippen molar-refractivity contribution in [3.05, 3.63) is 35.0 Å². The molecule has 0 radical (unpaired) electrons. The molecule has 0 bridgehead atoms. The molecule has 0 unspecified atom stereocenters. The van der Waals surface area contributed by atoms with Crippen LogP contribution in [0.2, 0.25) is 0 Å². The van der Waals surface area contributed by atoms with Crippen molar-refractivity contribution in [1.29, 1.82) is 0 Å². The fraction of sp³-hybridized carbons (Fsp3) is 0.231. The van der Waals surface area contributed by atoms with E-state index in [4.69, 9.17) is 9.84 Å². The number of hydrogen-bond acceptors (Lipinski definition) is 3. The Kier molecular flexibility index (Phi) is 3.06. The Hall–Kier alpha value is -2.30. The van der Waals surface area contributed by atoms with Gasteiger partial charge in [-0.05, 0) is 37.1 Å².